The van der Waals surface area contributed by atoms with Gasteiger partial charge in [-0.2, -0.15) is 0 Å². The van der Waals surface area contributed by atoms with Crippen LogP contribution in [0, 0.1) is 0 Å². The Morgan fingerprint density at radius 2 is 2.00 bits per heavy atom. The molecule has 100 valence electrons. The van der Waals surface area contributed by atoms with Crippen molar-refractivity contribution in [2.24, 2.45) is 5.14 Å². The molecule has 0 atom stereocenters. The first-order valence-corrected chi connectivity index (χ1v) is 7.49. The van der Waals surface area contributed by atoms with Crippen LogP contribution in [0.5, 0.6) is 0 Å². The first-order valence-electron chi connectivity index (χ1n) is 5.06. The number of carbonyl (C=O) groups is 1. The summed E-state index contributed by atoms with van der Waals surface area (Å²) in [6, 6.07) is 5.28. The molecule has 1 aromatic heterocycles. The van der Waals surface area contributed by atoms with Crippen LogP contribution in [0.25, 0.3) is 0 Å². The molecule has 0 aliphatic heterocycles. The Bertz CT molecular complexity index is 683. The van der Waals surface area contributed by atoms with E-state index in [1.807, 2.05) is 0 Å². The second-order valence-corrected chi connectivity index (χ2v) is 5.88. The smallest absolute Gasteiger partial charge is 0.306 e. The number of sulfonamides is 1. The van der Waals surface area contributed by atoms with Crippen molar-refractivity contribution in [1.82, 2.24) is 4.98 Å². The van der Waals surface area contributed by atoms with Gasteiger partial charge in [-0.25, -0.2) is 23.3 Å². The molecule has 2 amide bonds. The Morgan fingerprint density at radius 1 is 1.26 bits per heavy atom. The fourth-order valence-corrected chi connectivity index (χ4v) is 2.57. The van der Waals surface area contributed by atoms with E-state index in [4.69, 9.17) is 5.14 Å². The molecule has 0 fully saturated rings. The van der Waals surface area contributed by atoms with Gasteiger partial charge in [0.1, 0.15) is 4.90 Å². The number of urea groups is 1. The molecule has 4 N–H and O–H groups in total. The summed E-state index contributed by atoms with van der Waals surface area (Å²) >= 11 is 1.25. The van der Waals surface area contributed by atoms with Crippen molar-refractivity contribution in [2.45, 2.75) is 4.90 Å². The van der Waals surface area contributed by atoms with E-state index in [9.17, 15) is 13.2 Å². The van der Waals surface area contributed by atoms with Gasteiger partial charge in [-0.3, -0.25) is 5.32 Å². The second-order valence-electron chi connectivity index (χ2n) is 3.46. The average Bonchev–Trinajstić information content (AvgIpc) is 2.81. The number of carbonyl (C=O) groups excluding carboxylic acids is 1. The largest absolute Gasteiger partial charge is 0.325 e. The zero-order valence-corrected chi connectivity index (χ0v) is 11.2. The number of benzene rings is 1. The SMILES string of the molecule is NS(=O)(=O)c1ccccc1NC(=O)Nc1nccs1. The molecular weight excluding hydrogens is 288 g/mol. The van der Waals surface area contributed by atoms with Crippen LogP contribution in [0.4, 0.5) is 15.6 Å². The van der Waals surface area contributed by atoms with Gasteiger partial charge in [0.2, 0.25) is 10.0 Å². The van der Waals surface area contributed by atoms with Gasteiger partial charge in [0.15, 0.2) is 5.13 Å². The van der Waals surface area contributed by atoms with E-state index < -0.39 is 16.1 Å². The standard InChI is InChI=1S/C10H10N4O3S2/c11-19(16,17)8-4-2-1-3-7(8)13-9(15)14-10-12-5-6-18-10/h1-6H,(H2,11,16,17)(H2,12,13,14,15). The van der Waals surface area contributed by atoms with Crippen LogP contribution in [0.1, 0.15) is 0 Å². The monoisotopic (exact) mass is 298 g/mol. The minimum absolute atomic E-state index is 0.110. The summed E-state index contributed by atoms with van der Waals surface area (Å²) in [5.41, 5.74) is 0.110. The predicted molar refractivity (Wildman–Crippen MR) is 72.6 cm³/mol. The second kappa shape index (κ2) is 5.34. The Balaban J connectivity index is 2.18. The zero-order chi connectivity index (χ0) is 13.9. The van der Waals surface area contributed by atoms with Gasteiger partial charge in [-0.15, -0.1) is 11.3 Å². The highest BCUT2D eigenvalue weighted by atomic mass is 32.2. The molecule has 0 spiro atoms. The summed E-state index contributed by atoms with van der Waals surface area (Å²) in [5, 5.41) is 12.1. The lowest BCUT2D eigenvalue weighted by Crippen LogP contribution is -2.22. The molecule has 0 saturated heterocycles. The third-order valence-electron chi connectivity index (χ3n) is 2.09. The van der Waals surface area contributed by atoms with Gasteiger partial charge in [0.25, 0.3) is 0 Å². The van der Waals surface area contributed by atoms with E-state index in [0.717, 1.165) is 0 Å². The average molecular weight is 298 g/mol. The summed E-state index contributed by atoms with van der Waals surface area (Å²) in [6.07, 6.45) is 1.54. The van der Waals surface area contributed by atoms with Crippen molar-refractivity contribution in [3.05, 3.63) is 35.8 Å². The van der Waals surface area contributed by atoms with Crippen molar-refractivity contribution in [2.75, 3.05) is 10.6 Å². The minimum atomic E-state index is -3.90. The topological polar surface area (TPSA) is 114 Å². The molecule has 1 heterocycles. The maximum absolute atomic E-state index is 11.7. The first kappa shape index (κ1) is 13.5. The summed E-state index contributed by atoms with van der Waals surface area (Å²) in [5.74, 6) is 0. The van der Waals surface area contributed by atoms with Crippen LogP contribution in [0.15, 0.2) is 40.7 Å². The number of anilines is 2. The van der Waals surface area contributed by atoms with Crippen molar-refractivity contribution < 1.29 is 13.2 Å². The normalized spacial score (nSPS) is 11.0. The highest BCUT2D eigenvalue weighted by Gasteiger charge is 2.15. The van der Waals surface area contributed by atoms with Crippen LogP contribution in [-0.2, 0) is 10.0 Å². The molecule has 0 radical (unpaired) electrons. The number of hydrogen-bond donors (Lipinski definition) is 3. The number of thiazole rings is 1. The van der Waals surface area contributed by atoms with E-state index in [1.54, 1.807) is 17.6 Å². The molecule has 2 aromatic rings. The fourth-order valence-electron chi connectivity index (χ4n) is 1.35. The molecule has 7 nitrogen and oxygen atoms in total. The van der Waals surface area contributed by atoms with Crippen LogP contribution in [-0.4, -0.2) is 19.4 Å². The molecule has 1 aromatic carbocycles. The Kier molecular flexibility index (Phi) is 3.79. The number of nitrogens with one attached hydrogen (secondary N) is 2. The predicted octanol–water partition coefficient (Wildman–Crippen LogP) is 1.43. The number of hydrogen-bond acceptors (Lipinski definition) is 5. The number of aromatic nitrogens is 1. The molecule has 0 saturated carbocycles. The fraction of sp³-hybridized carbons (Fsp3) is 0. The lowest BCUT2D eigenvalue weighted by atomic mass is 10.3. The highest BCUT2D eigenvalue weighted by molar-refractivity contribution is 7.89. The Labute approximate surface area is 113 Å². The maximum Gasteiger partial charge on any atom is 0.325 e. The lowest BCUT2D eigenvalue weighted by Gasteiger charge is -2.09. The molecule has 19 heavy (non-hydrogen) atoms. The number of nitrogens with zero attached hydrogens (tertiary/aromatic N) is 1. The molecule has 0 bridgehead atoms. The number of rotatable bonds is 3. The summed E-state index contributed by atoms with van der Waals surface area (Å²) in [7, 11) is -3.90. The number of para-hydroxylation sites is 1. The quantitative estimate of drug-likeness (QED) is 0.795. The molecule has 0 aliphatic carbocycles. The van der Waals surface area contributed by atoms with E-state index >= 15 is 0 Å². The number of amides is 2. The van der Waals surface area contributed by atoms with Gasteiger partial charge in [-0.05, 0) is 12.1 Å². The van der Waals surface area contributed by atoms with Crippen molar-refractivity contribution in [1.29, 1.82) is 0 Å². The van der Waals surface area contributed by atoms with Crippen LogP contribution in [0.3, 0.4) is 0 Å². The lowest BCUT2D eigenvalue weighted by molar-refractivity contribution is 0.262. The Morgan fingerprint density at radius 3 is 2.63 bits per heavy atom. The molecule has 0 unspecified atom stereocenters. The summed E-state index contributed by atoms with van der Waals surface area (Å²) < 4.78 is 22.7. The highest BCUT2D eigenvalue weighted by Crippen LogP contribution is 2.19. The van der Waals surface area contributed by atoms with Crippen molar-refractivity contribution in [3.8, 4) is 0 Å². The molecule has 2 rings (SSSR count). The molecular formula is C10H10N4O3S2. The van der Waals surface area contributed by atoms with Crippen LogP contribution in [0.2, 0.25) is 0 Å². The van der Waals surface area contributed by atoms with E-state index in [1.165, 1.54) is 29.5 Å². The first-order chi connectivity index (χ1) is 8.97. The van der Waals surface area contributed by atoms with Crippen LogP contribution < -0.4 is 15.8 Å². The molecule has 0 aliphatic rings. The van der Waals surface area contributed by atoms with Gasteiger partial charge >= 0.3 is 6.03 Å². The van der Waals surface area contributed by atoms with Gasteiger partial charge in [0.05, 0.1) is 5.69 Å². The van der Waals surface area contributed by atoms with Crippen LogP contribution >= 0.6 is 11.3 Å². The number of primary sulfonamides is 1. The molecule has 9 heteroatoms. The third-order valence-corrected chi connectivity index (χ3v) is 3.75. The van der Waals surface area contributed by atoms with E-state index in [2.05, 4.69) is 15.6 Å². The number of nitrogens with two attached hydrogens (primary N) is 1. The van der Waals surface area contributed by atoms with E-state index in [-0.39, 0.29) is 10.6 Å². The van der Waals surface area contributed by atoms with Crippen molar-refractivity contribution >= 4 is 38.2 Å². The third kappa shape index (κ3) is 3.50. The minimum Gasteiger partial charge on any atom is -0.306 e. The van der Waals surface area contributed by atoms with Crippen molar-refractivity contribution in [3.63, 3.8) is 0 Å². The summed E-state index contributed by atoms with van der Waals surface area (Å²) in [6.45, 7) is 0. The Hall–Kier alpha value is -1.97. The maximum atomic E-state index is 11.7. The summed E-state index contributed by atoms with van der Waals surface area (Å²) in [4.78, 5) is 15.4. The van der Waals surface area contributed by atoms with Gasteiger partial charge in [0, 0.05) is 11.6 Å². The zero-order valence-electron chi connectivity index (χ0n) is 9.53. The van der Waals surface area contributed by atoms with Gasteiger partial charge < -0.3 is 5.32 Å². The van der Waals surface area contributed by atoms with E-state index in [0.29, 0.717) is 5.13 Å². The van der Waals surface area contributed by atoms with Gasteiger partial charge in [-0.1, -0.05) is 12.1 Å².